The molecule has 4 saturated carbocycles. The molecule has 0 heterocycles. The number of carbonyl (C=O) groups excluding carboxylic acids is 5. The Morgan fingerprint density at radius 3 is 2.39 bits per heavy atom. The van der Waals surface area contributed by atoms with E-state index in [9.17, 15) is 28.4 Å². The highest BCUT2D eigenvalue weighted by atomic mass is 19.1. The predicted molar refractivity (Wildman–Crippen MR) is 150 cm³/mol. The van der Waals surface area contributed by atoms with Crippen LogP contribution in [0.4, 0.5) is 4.39 Å². The number of carbonyl (C=O) groups is 5. The first-order valence-corrected chi connectivity index (χ1v) is 15.7. The van der Waals surface area contributed by atoms with E-state index < -0.39 is 23.2 Å². The van der Waals surface area contributed by atoms with Gasteiger partial charge in [-0.3, -0.25) is 24.0 Å². The molecule has 0 N–H and O–H groups in total. The molecule has 4 fully saturated rings. The number of hydrogen-bond acceptors (Lipinski definition) is 7. The third-order valence-electron chi connectivity index (χ3n) is 11.8. The highest BCUT2D eigenvalue weighted by Crippen LogP contribution is 2.66. The van der Waals surface area contributed by atoms with Crippen LogP contribution in [0, 0.1) is 46.3 Å². The zero-order valence-electron chi connectivity index (χ0n) is 25.8. The molecular weight excluding hydrogens is 527 g/mol. The van der Waals surface area contributed by atoms with Crippen molar-refractivity contribution in [2.24, 2.45) is 46.3 Å². The van der Waals surface area contributed by atoms with Crippen LogP contribution < -0.4 is 0 Å². The van der Waals surface area contributed by atoms with Crippen molar-refractivity contribution in [2.75, 3.05) is 6.61 Å². The van der Waals surface area contributed by atoms with E-state index in [0.29, 0.717) is 38.5 Å². The maximum atomic E-state index is 13.9. The Hall–Kier alpha value is -2.12. The van der Waals surface area contributed by atoms with Crippen LogP contribution in [0.25, 0.3) is 0 Å². The molecule has 9 unspecified atom stereocenters. The molecule has 41 heavy (non-hydrogen) atoms. The molecule has 4 aliphatic carbocycles. The van der Waals surface area contributed by atoms with E-state index in [0.717, 1.165) is 19.3 Å². The van der Waals surface area contributed by atoms with E-state index in [-0.39, 0.29) is 83.7 Å². The molecule has 0 aromatic heterocycles. The molecule has 0 bridgehead atoms. The minimum absolute atomic E-state index is 0.0282. The van der Waals surface area contributed by atoms with Gasteiger partial charge in [-0.1, -0.05) is 20.8 Å². The van der Waals surface area contributed by atoms with Crippen molar-refractivity contribution >= 4 is 29.3 Å². The van der Waals surface area contributed by atoms with Gasteiger partial charge < -0.3 is 9.47 Å². The van der Waals surface area contributed by atoms with Gasteiger partial charge in [0.2, 0.25) is 0 Å². The normalized spacial score (nSPS) is 36.6. The third kappa shape index (κ3) is 6.17. The number of esters is 2. The summed E-state index contributed by atoms with van der Waals surface area (Å²) in [5.74, 6) is 0.123. The lowest BCUT2D eigenvalue weighted by Gasteiger charge is -2.58. The lowest BCUT2D eigenvalue weighted by atomic mass is 9.44. The number of halogens is 1. The van der Waals surface area contributed by atoms with Crippen molar-refractivity contribution in [2.45, 2.75) is 124 Å². The van der Waals surface area contributed by atoms with Crippen LogP contribution in [-0.4, -0.2) is 47.7 Å². The second kappa shape index (κ2) is 11.9. The summed E-state index contributed by atoms with van der Waals surface area (Å²) in [7, 11) is 0. The number of hydrogen-bond donors (Lipinski definition) is 0. The molecule has 0 radical (unpaired) electrons. The van der Waals surface area contributed by atoms with Crippen molar-refractivity contribution in [3.05, 3.63) is 0 Å². The molecule has 4 aliphatic rings. The topological polar surface area (TPSA) is 104 Å². The lowest BCUT2D eigenvalue weighted by Crippen LogP contribution is -2.60. The summed E-state index contributed by atoms with van der Waals surface area (Å²) >= 11 is 0. The first kappa shape index (κ1) is 31.8. The molecule has 4 rings (SSSR count). The van der Waals surface area contributed by atoms with Crippen LogP contribution in [0.5, 0.6) is 0 Å². The Morgan fingerprint density at radius 2 is 1.71 bits per heavy atom. The van der Waals surface area contributed by atoms with Gasteiger partial charge in [-0.15, -0.1) is 0 Å². The summed E-state index contributed by atoms with van der Waals surface area (Å²) in [6.45, 7) is 10.7. The van der Waals surface area contributed by atoms with Crippen LogP contribution in [0.1, 0.15) is 112 Å². The van der Waals surface area contributed by atoms with E-state index in [4.69, 9.17) is 9.47 Å². The zero-order valence-corrected chi connectivity index (χ0v) is 25.8. The fraction of sp³-hybridized carbons (Fsp3) is 0.848. The van der Waals surface area contributed by atoms with Crippen LogP contribution in [-0.2, 0) is 33.4 Å². The summed E-state index contributed by atoms with van der Waals surface area (Å²) in [5, 5.41) is 0. The van der Waals surface area contributed by atoms with Crippen molar-refractivity contribution in [3.8, 4) is 0 Å². The summed E-state index contributed by atoms with van der Waals surface area (Å²) in [5.41, 5.74) is -2.32. The van der Waals surface area contributed by atoms with Gasteiger partial charge in [0.25, 0.3) is 0 Å². The lowest BCUT2D eigenvalue weighted by molar-refractivity contribution is -0.166. The molecule has 0 saturated heterocycles. The second-order valence-corrected chi connectivity index (χ2v) is 14.5. The molecule has 8 heteroatoms. The second-order valence-electron chi connectivity index (χ2n) is 14.5. The van der Waals surface area contributed by atoms with E-state index in [1.807, 2.05) is 0 Å². The average Bonchev–Trinajstić information content (AvgIpc) is 3.24. The molecule has 0 aromatic rings. The minimum atomic E-state index is -1.62. The van der Waals surface area contributed by atoms with Crippen molar-refractivity contribution < 1.29 is 37.8 Å². The van der Waals surface area contributed by atoms with Gasteiger partial charge in [0.1, 0.15) is 29.1 Å². The number of Topliss-reactive ketones (excluding diaryl/α,β-unsaturated/α-hetero) is 3. The fourth-order valence-corrected chi connectivity index (χ4v) is 8.81. The van der Waals surface area contributed by atoms with Crippen LogP contribution in [0.3, 0.4) is 0 Å². The molecule has 0 aliphatic heterocycles. The maximum Gasteiger partial charge on any atom is 0.306 e. The molecular formula is C33H49FO7. The number of alkyl halides is 1. The maximum absolute atomic E-state index is 13.9. The Labute approximate surface area is 244 Å². The SMILES string of the molecule is CC(CCC(=O)OCCCC(=O)OC(C)C(C)(C)F)C1CCC2C3C(=O)CC4CC(=O)CCC4(C)C3CC(=O)C12C. The quantitative estimate of drug-likeness (QED) is 0.232. The predicted octanol–water partition coefficient (Wildman–Crippen LogP) is 5.99. The van der Waals surface area contributed by atoms with Gasteiger partial charge in [-0.05, 0) is 87.9 Å². The summed E-state index contributed by atoms with van der Waals surface area (Å²) in [4.78, 5) is 64.0. The highest BCUT2D eigenvalue weighted by Gasteiger charge is 2.66. The Balaban J connectivity index is 1.29. The van der Waals surface area contributed by atoms with Gasteiger partial charge in [-0.2, -0.15) is 0 Å². The zero-order chi connectivity index (χ0) is 30.3. The summed E-state index contributed by atoms with van der Waals surface area (Å²) in [6.07, 6.45) is 4.71. The molecule has 7 nitrogen and oxygen atoms in total. The van der Waals surface area contributed by atoms with Crippen molar-refractivity contribution in [1.29, 1.82) is 0 Å². The summed E-state index contributed by atoms with van der Waals surface area (Å²) in [6, 6.07) is 0. The monoisotopic (exact) mass is 576 g/mol. The van der Waals surface area contributed by atoms with Crippen LogP contribution in [0.2, 0.25) is 0 Å². The number of ketones is 3. The van der Waals surface area contributed by atoms with Crippen molar-refractivity contribution in [1.82, 2.24) is 0 Å². The number of rotatable bonds is 10. The smallest absolute Gasteiger partial charge is 0.306 e. The first-order valence-electron chi connectivity index (χ1n) is 15.7. The molecule has 0 aromatic carbocycles. The standard InChI is InChI=1S/C33H49FO7/c1-19(9-12-28(38)40-15-7-8-29(39)41-20(2)31(3,4)34)23-10-11-24-30-25(18-27(37)33(23,24)6)32(5)14-13-22(35)16-21(32)17-26(30)36/h19-21,23-25,30H,7-18H2,1-6H3. The Kier molecular flexibility index (Phi) is 9.21. The van der Waals surface area contributed by atoms with Gasteiger partial charge >= 0.3 is 11.9 Å². The minimum Gasteiger partial charge on any atom is -0.466 e. The average molecular weight is 577 g/mol. The number of ether oxygens (including phenoxy) is 2. The Morgan fingerprint density at radius 1 is 1.00 bits per heavy atom. The van der Waals surface area contributed by atoms with E-state index in [1.54, 1.807) is 0 Å². The molecule has 9 atom stereocenters. The van der Waals surface area contributed by atoms with E-state index >= 15 is 0 Å². The van der Waals surface area contributed by atoms with Gasteiger partial charge in [-0.25, -0.2) is 4.39 Å². The van der Waals surface area contributed by atoms with Gasteiger partial charge in [0, 0.05) is 49.9 Å². The van der Waals surface area contributed by atoms with Gasteiger partial charge in [0.05, 0.1) is 6.61 Å². The van der Waals surface area contributed by atoms with Crippen LogP contribution >= 0.6 is 0 Å². The van der Waals surface area contributed by atoms with Crippen molar-refractivity contribution in [3.63, 3.8) is 0 Å². The molecule has 0 amide bonds. The van der Waals surface area contributed by atoms with Gasteiger partial charge in [0.15, 0.2) is 0 Å². The van der Waals surface area contributed by atoms with Crippen LogP contribution in [0.15, 0.2) is 0 Å². The fourth-order valence-electron chi connectivity index (χ4n) is 8.81. The highest BCUT2D eigenvalue weighted by molar-refractivity contribution is 5.93. The van der Waals surface area contributed by atoms with E-state index in [2.05, 4.69) is 20.8 Å². The Bertz CT molecular complexity index is 1060. The third-order valence-corrected chi connectivity index (χ3v) is 11.8. The largest absolute Gasteiger partial charge is 0.466 e. The molecule has 0 spiro atoms. The summed E-state index contributed by atoms with van der Waals surface area (Å²) < 4.78 is 24.2. The molecule has 230 valence electrons. The number of fused-ring (bicyclic) bond motifs is 5. The first-order chi connectivity index (χ1) is 19.1. The van der Waals surface area contributed by atoms with E-state index in [1.165, 1.54) is 20.8 Å².